The van der Waals surface area contributed by atoms with Crippen LogP contribution < -0.4 is 0 Å². The number of benzene rings is 1. The molecule has 18 heavy (non-hydrogen) atoms. The number of hydrogen-bond acceptors (Lipinski definition) is 2. The van der Waals surface area contributed by atoms with E-state index in [1.54, 1.807) is 12.1 Å². The standard InChI is InChI=1S/C15H19FOS/c1-2-3-4-10-18-12-13-7-8-15(16)14(11-13)6-5-9-17/h7-8,11,17H,2-4,9-10,12H2,1H3. The molecule has 0 unspecified atom stereocenters. The highest BCUT2D eigenvalue weighted by atomic mass is 32.2. The van der Waals surface area contributed by atoms with Crippen molar-refractivity contribution >= 4 is 11.8 Å². The lowest BCUT2D eigenvalue weighted by molar-refractivity contribution is 0.350. The van der Waals surface area contributed by atoms with Crippen LogP contribution in [0.3, 0.4) is 0 Å². The maximum atomic E-state index is 13.4. The van der Waals surface area contributed by atoms with Crippen LogP contribution in [0.4, 0.5) is 4.39 Å². The Kier molecular flexibility index (Phi) is 7.55. The maximum Gasteiger partial charge on any atom is 0.138 e. The summed E-state index contributed by atoms with van der Waals surface area (Å²) in [6, 6.07) is 5.01. The number of unbranched alkanes of at least 4 members (excludes halogenated alkanes) is 2. The highest BCUT2D eigenvalue weighted by Crippen LogP contribution is 2.17. The van der Waals surface area contributed by atoms with E-state index < -0.39 is 0 Å². The third-order valence-corrected chi connectivity index (χ3v) is 3.61. The van der Waals surface area contributed by atoms with E-state index in [1.807, 2.05) is 11.8 Å². The topological polar surface area (TPSA) is 20.2 Å². The van der Waals surface area contributed by atoms with Gasteiger partial charge >= 0.3 is 0 Å². The van der Waals surface area contributed by atoms with Crippen molar-refractivity contribution in [3.8, 4) is 11.8 Å². The van der Waals surface area contributed by atoms with Gasteiger partial charge in [-0.2, -0.15) is 11.8 Å². The Bertz CT molecular complexity index is 420. The van der Waals surface area contributed by atoms with Gasteiger partial charge in [0.2, 0.25) is 0 Å². The van der Waals surface area contributed by atoms with Crippen LogP contribution in [-0.2, 0) is 5.75 Å². The second-order valence-electron chi connectivity index (χ2n) is 4.03. The molecule has 0 fully saturated rings. The monoisotopic (exact) mass is 266 g/mol. The Morgan fingerprint density at radius 1 is 1.33 bits per heavy atom. The number of thioether (sulfide) groups is 1. The molecule has 1 N–H and O–H groups in total. The van der Waals surface area contributed by atoms with E-state index in [9.17, 15) is 4.39 Å². The van der Waals surface area contributed by atoms with Crippen LogP contribution in [-0.4, -0.2) is 17.5 Å². The average Bonchev–Trinajstić information content (AvgIpc) is 2.39. The van der Waals surface area contributed by atoms with Gasteiger partial charge in [0.05, 0.1) is 5.56 Å². The van der Waals surface area contributed by atoms with Crippen LogP contribution in [0.1, 0.15) is 37.3 Å². The molecule has 0 aliphatic heterocycles. The summed E-state index contributed by atoms with van der Waals surface area (Å²) in [5.41, 5.74) is 1.45. The first-order valence-corrected chi connectivity index (χ1v) is 7.39. The largest absolute Gasteiger partial charge is 0.384 e. The third-order valence-electron chi connectivity index (χ3n) is 2.49. The Morgan fingerprint density at radius 3 is 2.89 bits per heavy atom. The molecule has 0 saturated heterocycles. The first kappa shape index (κ1) is 15.1. The molecule has 3 heteroatoms. The van der Waals surface area contributed by atoms with Crippen molar-refractivity contribution in [2.45, 2.75) is 31.9 Å². The second kappa shape index (κ2) is 9.02. The number of hydrogen-bond donors (Lipinski definition) is 1. The molecule has 1 aromatic carbocycles. The summed E-state index contributed by atoms with van der Waals surface area (Å²) in [6.07, 6.45) is 3.74. The van der Waals surface area contributed by atoms with E-state index in [0.717, 1.165) is 17.1 Å². The Morgan fingerprint density at radius 2 is 2.17 bits per heavy atom. The van der Waals surface area contributed by atoms with Gasteiger partial charge in [-0.3, -0.25) is 0 Å². The van der Waals surface area contributed by atoms with Crippen molar-refractivity contribution < 1.29 is 9.50 Å². The highest BCUT2D eigenvalue weighted by Gasteiger charge is 2.01. The van der Waals surface area contributed by atoms with Gasteiger partial charge in [0.25, 0.3) is 0 Å². The van der Waals surface area contributed by atoms with Gasteiger partial charge in [-0.1, -0.05) is 37.7 Å². The summed E-state index contributed by atoms with van der Waals surface area (Å²) in [5.74, 6) is 6.81. The van der Waals surface area contributed by atoms with E-state index in [-0.39, 0.29) is 12.4 Å². The molecule has 0 aromatic heterocycles. The molecular weight excluding hydrogens is 247 g/mol. The van der Waals surface area contributed by atoms with E-state index in [1.165, 1.54) is 25.3 Å². The SMILES string of the molecule is CCCCCSCc1ccc(F)c(C#CCO)c1. The molecule has 0 aliphatic carbocycles. The highest BCUT2D eigenvalue weighted by molar-refractivity contribution is 7.98. The summed E-state index contributed by atoms with van der Waals surface area (Å²) < 4.78 is 13.4. The first-order valence-electron chi connectivity index (χ1n) is 6.23. The Labute approximate surface area is 113 Å². The van der Waals surface area contributed by atoms with Crippen molar-refractivity contribution in [2.75, 3.05) is 12.4 Å². The normalized spacial score (nSPS) is 9.94. The van der Waals surface area contributed by atoms with E-state index in [2.05, 4.69) is 18.8 Å². The average molecular weight is 266 g/mol. The van der Waals surface area contributed by atoms with Crippen molar-refractivity contribution in [1.29, 1.82) is 0 Å². The smallest absolute Gasteiger partial charge is 0.138 e. The van der Waals surface area contributed by atoms with Gasteiger partial charge in [-0.15, -0.1) is 0 Å². The van der Waals surface area contributed by atoms with Gasteiger partial charge in [0.15, 0.2) is 0 Å². The van der Waals surface area contributed by atoms with Gasteiger partial charge in [-0.05, 0) is 29.9 Å². The summed E-state index contributed by atoms with van der Waals surface area (Å²) in [4.78, 5) is 0. The zero-order valence-corrected chi connectivity index (χ0v) is 11.5. The lowest BCUT2D eigenvalue weighted by Crippen LogP contribution is -1.89. The fourth-order valence-electron chi connectivity index (χ4n) is 1.54. The number of aliphatic hydroxyl groups excluding tert-OH is 1. The maximum absolute atomic E-state index is 13.4. The minimum Gasteiger partial charge on any atom is -0.384 e. The Balaban J connectivity index is 2.51. The van der Waals surface area contributed by atoms with Crippen molar-refractivity contribution in [2.24, 2.45) is 0 Å². The minimum absolute atomic E-state index is 0.241. The summed E-state index contributed by atoms with van der Waals surface area (Å²) in [5, 5.41) is 8.61. The first-order chi connectivity index (χ1) is 8.77. The molecular formula is C15H19FOS. The van der Waals surface area contributed by atoms with E-state index >= 15 is 0 Å². The molecule has 98 valence electrons. The number of aliphatic hydroxyl groups is 1. The second-order valence-corrected chi connectivity index (χ2v) is 5.14. The van der Waals surface area contributed by atoms with Crippen LogP contribution in [0.5, 0.6) is 0 Å². The lowest BCUT2D eigenvalue weighted by Gasteiger charge is -2.03. The molecule has 0 heterocycles. The van der Waals surface area contributed by atoms with Crippen LogP contribution in [0.2, 0.25) is 0 Å². The molecule has 0 spiro atoms. The molecule has 0 amide bonds. The summed E-state index contributed by atoms with van der Waals surface area (Å²) in [6.45, 7) is 1.95. The number of rotatable bonds is 6. The van der Waals surface area contributed by atoms with Crippen molar-refractivity contribution in [3.63, 3.8) is 0 Å². The Hall–Kier alpha value is -0.980. The summed E-state index contributed by atoms with van der Waals surface area (Å²) >= 11 is 1.86. The van der Waals surface area contributed by atoms with Crippen LogP contribution in [0.25, 0.3) is 0 Å². The van der Waals surface area contributed by atoms with E-state index in [0.29, 0.717) is 5.56 Å². The van der Waals surface area contributed by atoms with E-state index in [4.69, 9.17) is 5.11 Å². The van der Waals surface area contributed by atoms with Gasteiger partial charge < -0.3 is 5.11 Å². The van der Waals surface area contributed by atoms with Crippen molar-refractivity contribution in [3.05, 3.63) is 35.1 Å². The quantitative estimate of drug-likeness (QED) is 0.627. The zero-order chi connectivity index (χ0) is 13.2. The van der Waals surface area contributed by atoms with Gasteiger partial charge in [0, 0.05) is 5.75 Å². The fraction of sp³-hybridized carbons (Fsp3) is 0.467. The van der Waals surface area contributed by atoms with Crippen LogP contribution in [0.15, 0.2) is 18.2 Å². The lowest BCUT2D eigenvalue weighted by atomic mass is 10.1. The molecule has 0 radical (unpaired) electrons. The minimum atomic E-state index is -0.323. The fourth-order valence-corrected chi connectivity index (χ4v) is 2.50. The van der Waals surface area contributed by atoms with Gasteiger partial charge in [-0.25, -0.2) is 4.39 Å². The summed E-state index contributed by atoms with van der Waals surface area (Å²) in [7, 11) is 0. The van der Waals surface area contributed by atoms with Crippen LogP contribution in [0, 0.1) is 17.7 Å². The predicted molar refractivity (Wildman–Crippen MR) is 76.1 cm³/mol. The molecule has 1 rings (SSSR count). The molecule has 1 aromatic rings. The molecule has 0 saturated carbocycles. The molecule has 0 aliphatic rings. The van der Waals surface area contributed by atoms with Crippen molar-refractivity contribution in [1.82, 2.24) is 0 Å². The molecule has 0 bridgehead atoms. The predicted octanol–water partition coefficient (Wildman–Crippen LogP) is 3.59. The zero-order valence-electron chi connectivity index (χ0n) is 10.7. The molecule has 1 nitrogen and oxygen atoms in total. The van der Waals surface area contributed by atoms with Crippen LogP contribution >= 0.6 is 11.8 Å². The molecule has 0 atom stereocenters. The third kappa shape index (κ3) is 5.57. The number of halogens is 1. The van der Waals surface area contributed by atoms with Gasteiger partial charge in [0.1, 0.15) is 12.4 Å².